The van der Waals surface area contributed by atoms with E-state index in [-0.39, 0.29) is 12.5 Å². The molecule has 5 nitrogen and oxygen atoms in total. The number of carboxylic acids is 1. The molecule has 1 heterocycles. The van der Waals surface area contributed by atoms with Crippen molar-refractivity contribution in [1.29, 1.82) is 5.26 Å². The minimum absolute atomic E-state index is 0.152. The lowest BCUT2D eigenvalue weighted by molar-refractivity contribution is -0.137. The van der Waals surface area contributed by atoms with Crippen LogP contribution in [0, 0.1) is 11.3 Å². The molecular weight excluding hydrogens is 230 g/mol. The number of pyridine rings is 1. The molecule has 1 aromatic heterocycles. The maximum absolute atomic E-state index is 10.5. The zero-order chi connectivity index (χ0) is 13.5. The van der Waals surface area contributed by atoms with Crippen molar-refractivity contribution >= 4 is 11.8 Å². The van der Waals surface area contributed by atoms with Crippen LogP contribution >= 0.6 is 0 Å². The minimum Gasteiger partial charge on any atom is -0.481 e. The van der Waals surface area contributed by atoms with Crippen molar-refractivity contribution in [1.82, 2.24) is 4.98 Å². The first kappa shape index (κ1) is 14.0. The topological polar surface area (TPSA) is 77.2 Å². The number of anilines is 1. The molecule has 1 N–H and O–H groups in total. The first-order chi connectivity index (χ1) is 8.54. The van der Waals surface area contributed by atoms with Crippen LogP contribution < -0.4 is 4.90 Å². The summed E-state index contributed by atoms with van der Waals surface area (Å²) < 4.78 is 0. The molecule has 18 heavy (non-hydrogen) atoms. The Bertz CT molecular complexity index is 435. The highest BCUT2D eigenvalue weighted by molar-refractivity contribution is 5.66. The van der Waals surface area contributed by atoms with Gasteiger partial charge < -0.3 is 10.0 Å². The molecule has 0 saturated carbocycles. The highest BCUT2D eigenvalue weighted by Gasteiger charge is 2.12. The molecule has 0 amide bonds. The maximum atomic E-state index is 10.5. The molecule has 0 aromatic carbocycles. The molecule has 1 rings (SSSR count). The van der Waals surface area contributed by atoms with E-state index in [2.05, 4.69) is 4.98 Å². The average Bonchev–Trinajstić information content (AvgIpc) is 2.34. The molecule has 0 radical (unpaired) electrons. The van der Waals surface area contributed by atoms with Crippen LogP contribution in [0.5, 0.6) is 0 Å². The van der Waals surface area contributed by atoms with E-state index in [9.17, 15) is 4.79 Å². The van der Waals surface area contributed by atoms with Crippen molar-refractivity contribution in [3.63, 3.8) is 0 Å². The van der Waals surface area contributed by atoms with Crippen molar-refractivity contribution in [2.24, 2.45) is 0 Å². The second-order valence-electron chi connectivity index (χ2n) is 4.30. The first-order valence-electron chi connectivity index (χ1n) is 5.89. The Morgan fingerprint density at radius 1 is 1.56 bits per heavy atom. The maximum Gasteiger partial charge on any atom is 0.303 e. The number of carbonyl (C=O) groups is 1. The van der Waals surface area contributed by atoms with Crippen LogP contribution in [0.15, 0.2) is 18.3 Å². The van der Waals surface area contributed by atoms with E-state index in [4.69, 9.17) is 10.4 Å². The molecule has 0 saturated heterocycles. The monoisotopic (exact) mass is 247 g/mol. The van der Waals surface area contributed by atoms with Crippen LogP contribution in [-0.2, 0) is 4.79 Å². The zero-order valence-electron chi connectivity index (χ0n) is 10.6. The second kappa shape index (κ2) is 6.60. The number of nitriles is 1. The van der Waals surface area contributed by atoms with E-state index in [1.807, 2.05) is 24.8 Å². The van der Waals surface area contributed by atoms with Gasteiger partial charge in [0.15, 0.2) is 0 Å². The standard InChI is InChI=1S/C13H17N3O2/c1-10(2)16(7-3-4-13(17)18)12-6-5-11(8-14)9-15-12/h5-6,9-10H,3-4,7H2,1-2H3,(H,17,18). The number of rotatable bonds is 6. The van der Waals surface area contributed by atoms with E-state index < -0.39 is 5.97 Å². The van der Waals surface area contributed by atoms with E-state index in [0.717, 1.165) is 5.82 Å². The Balaban J connectivity index is 2.71. The van der Waals surface area contributed by atoms with Gasteiger partial charge in [-0.15, -0.1) is 0 Å². The molecule has 1 aromatic rings. The fourth-order valence-corrected chi connectivity index (χ4v) is 1.66. The summed E-state index contributed by atoms with van der Waals surface area (Å²) in [5.74, 6) is -0.0131. The Labute approximate surface area is 107 Å². The van der Waals surface area contributed by atoms with Crippen molar-refractivity contribution in [2.45, 2.75) is 32.7 Å². The fourth-order valence-electron chi connectivity index (χ4n) is 1.66. The molecule has 0 aliphatic carbocycles. The van der Waals surface area contributed by atoms with Gasteiger partial charge in [0.25, 0.3) is 0 Å². The quantitative estimate of drug-likeness (QED) is 0.832. The van der Waals surface area contributed by atoms with Gasteiger partial charge in [-0.3, -0.25) is 4.79 Å². The van der Waals surface area contributed by atoms with Gasteiger partial charge in [0, 0.05) is 25.2 Å². The third-order valence-corrected chi connectivity index (χ3v) is 2.58. The summed E-state index contributed by atoms with van der Waals surface area (Å²) in [7, 11) is 0. The minimum atomic E-state index is -0.786. The Hall–Kier alpha value is -2.09. The van der Waals surface area contributed by atoms with Crippen molar-refractivity contribution in [3.8, 4) is 6.07 Å². The Kier molecular flexibility index (Phi) is 5.12. The molecule has 0 unspecified atom stereocenters. The zero-order valence-corrected chi connectivity index (χ0v) is 10.6. The number of aliphatic carboxylic acids is 1. The average molecular weight is 247 g/mol. The van der Waals surface area contributed by atoms with Gasteiger partial charge in [-0.1, -0.05) is 0 Å². The summed E-state index contributed by atoms with van der Waals surface area (Å²) >= 11 is 0. The highest BCUT2D eigenvalue weighted by atomic mass is 16.4. The molecule has 0 spiro atoms. The van der Waals surface area contributed by atoms with Crippen LogP contribution in [0.3, 0.4) is 0 Å². The van der Waals surface area contributed by atoms with E-state index in [1.165, 1.54) is 6.20 Å². The molecule has 0 aliphatic rings. The Morgan fingerprint density at radius 3 is 2.72 bits per heavy atom. The lowest BCUT2D eigenvalue weighted by Crippen LogP contribution is -2.32. The number of hydrogen-bond acceptors (Lipinski definition) is 4. The summed E-state index contributed by atoms with van der Waals surface area (Å²) in [5.41, 5.74) is 0.521. The van der Waals surface area contributed by atoms with E-state index in [1.54, 1.807) is 12.1 Å². The fraction of sp³-hybridized carbons (Fsp3) is 0.462. The van der Waals surface area contributed by atoms with Gasteiger partial charge in [-0.05, 0) is 32.4 Å². The van der Waals surface area contributed by atoms with Gasteiger partial charge in [0.05, 0.1) is 5.56 Å². The summed E-state index contributed by atoms with van der Waals surface area (Å²) in [6.45, 7) is 4.70. The van der Waals surface area contributed by atoms with Crippen molar-refractivity contribution in [3.05, 3.63) is 23.9 Å². The lowest BCUT2D eigenvalue weighted by atomic mass is 10.2. The molecule has 0 fully saturated rings. The van der Waals surface area contributed by atoms with Crippen LogP contribution in [0.1, 0.15) is 32.3 Å². The second-order valence-corrected chi connectivity index (χ2v) is 4.30. The highest BCUT2D eigenvalue weighted by Crippen LogP contribution is 2.15. The molecular formula is C13H17N3O2. The SMILES string of the molecule is CC(C)N(CCCC(=O)O)c1ccc(C#N)cn1. The van der Waals surface area contributed by atoms with Crippen molar-refractivity contribution in [2.75, 3.05) is 11.4 Å². The van der Waals surface area contributed by atoms with Crippen LogP contribution in [0.2, 0.25) is 0 Å². The van der Waals surface area contributed by atoms with Gasteiger partial charge >= 0.3 is 5.97 Å². The molecule has 0 bridgehead atoms. The smallest absolute Gasteiger partial charge is 0.303 e. The number of carboxylic acid groups (broad SMARTS) is 1. The molecule has 5 heteroatoms. The number of aromatic nitrogens is 1. The Morgan fingerprint density at radius 2 is 2.28 bits per heavy atom. The first-order valence-corrected chi connectivity index (χ1v) is 5.89. The third kappa shape index (κ3) is 4.06. The summed E-state index contributed by atoms with van der Waals surface area (Å²) in [4.78, 5) is 16.8. The van der Waals surface area contributed by atoms with E-state index in [0.29, 0.717) is 18.5 Å². The molecule has 0 aliphatic heterocycles. The van der Waals surface area contributed by atoms with Gasteiger partial charge in [-0.25, -0.2) is 4.98 Å². The van der Waals surface area contributed by atoms with Gasteiger partial charge in [0.1, 0.15) is 11.9 Å². The van der Waals surface area contributed by atoms with Gasteiger partial charge in [-0.2, -0.15) is 5.26 Å². The largest absolute Gasteiger partial charge is 0.481 e. The number of hydrogen-bond donors (Lipinski definition) is 1. The predicted molar refractivity (Wildman–Crippen MR) is 68.3 cm³/mol. The molecule has 96 valence electrons. The predicted octanol–water partition coefficient (Wildman–Crippen LogP) is 2.03. The van der Waals surface area contributed by atoms with Gasteiger partial charge in [0.2, 0.25) is 0 Å². The van der Waals surface area contributed by atoms with Crippen molar-refractivity contribution < 1.29 is 9.90 Å². The number of nitrogens with zero attached hydrogens (tertiary/aromatic N) is 3. The lowest BCUT2D eigenvalue weighted by Gasteiger charge is -2.27. The summed E-state index contributed by atoms with van der Waals surface area (Å²) in [5, 5.41) is 17.3. The summed E-state index contributed by atoms with van der Waals surface area (Å²) in [6.07, 6.45) is 2.26. The molecule has 0 atom stereocenters. The van der Waals surface area contributed by atoms with Crippen LogP contribution in [-0.4, -0.2) is 28.6 Å². The van der Waals surface area contributed by atoms with Crippen LogP contribution in [0.4, 0.5) is 5.82 Å². The third-order valence-electron chi connectivity index (χ3n) is 2.58. The van der Waals surface area contributed by atoms with Crippen LogP contribution in [0.25, 0.3) is 0 Å². The van der Waals surface area contributed by atoms with E-state index >= 15 is 0 Å². The normalized spacial score (nSPS) is 10.1. The summed E-state index contributed by atoms with van der Waals surface area (Å²) in [6, 6.07) is 5.77.